The molecule has 0 spiro atoms. The zero-order valence-electron chi connectivity index (χ0n) is 14.6. The van der Waals surface area contributed by atoms with E-state index in [1.807, 2.05) is 0 Å². The van der Waals surface area contributed by atoms with Gasteiger partial charge >= 0.3 is 0 Å². The molecule has 128 valence electrons. The fourth-order valence-electron chi connectivity index (χ4n) is 5.32. The maximum Gasteiger partial charge on any atom is 0.0929 e. The van der Waals surface area contributed by atoms with Crippen LogP contribution in [0.15, 0.2) is 54.6 Å². The largest absolute Gasteiger partial charge is 0.385 e. The van der Waals surface area contributed by atoms with Crippen molar-refractivity contribution in [1.29, 1.82) is 0 Å². The quantitative estimate of drug-likeness (QED) is 0.908. The minimum absolute atomic E-state index is 0.495. The number of allylic oxidation sites excluding steroid dienone is 1. The van der Waals surface area contributed by atoms with E-state index in [0.717, 1.165) is 25.8 Å². The summed E-state index contributed by atoms with van der Waals surface area (Å²) in [6, 6.07) is 18.2. The Morgan fingerprint density at radius 3 is 2.48 bits per heavy atom. The predicted octanol–water partition coefficient (Wildman–Crippen LogP) is 4.27. The molecule has 5 rings (SSSR count). The highest BCUT2D eigenvalue weighted by molar-refractivity contribution is 5.62. The number of piperidine rings is 1. The fourth-order valence-corrected chi connectivity index (χ4v) is 5.32. The standard InChI is InChI=1S/C23H25NO/c25-23(22-11-5-9-18-8-4-10-21(18)22)14-19-12-13-20(15-23)24(19)16-17-6-2-1-3-7-17/h1-9,11,19-20,25H,10,12-16H2. The Morgan fingerprint density at radius 1 is 0.960 bits per heavy atom. The maximum absolute atomic E-state index is 11.6. The van der Waals surface area contributed by atoms with Gasteiger partial charge in [-0.15, -0.1) is 0 Å². The van der Waals surface area contributed by atoms with Crippen LogP contribution < -0.4 is 0 Å². The first kappa shape index (κ1) is 15.4. The molecule has 2 unspecified atom stereocenters. The van der Waals surface area contributed by atoms with Crippen LogP contribution in [0.4, 0.5) is 0 Å². The molecule has 2 aliphatic heterocycles. The number of hydrogen-bond acceptors (Lipinski definition) is 2. The van der Waals surface area contributed by atoms with Crippen LogP contribution in [0.5, 0.6) is 0 Å². The Hall–Kier alpha value is -1.90. The van der Waals surface area contributed by atoms with Crippen LogP contribution in [0.3, 0.4) is 0 Å². The molecular weight excluding hydrogens is 306 g/mol. The van der Waals surface area contributed by atoms with Crippen LogP contribution in [-0.4, -0.2) is 22.1 Å². The first-order chi connectivity index (χ1) is 12.2. The van der Waals surface area contributed by atoms with Gasteiger partial charge < -0.3 is 5.11 Å². The number of benzene rings is 2. The molecule has 2 fully saturated rings. The van der Waals surface area contributed by atoms with Crippen LogP contribution in [0.2, 0.25) is 0 Å². The molecule has 1 N–H and O–H groups in total. The third kappa shape index (κ3) is 2.56. The number of rotatable bonds is 3. The minimum atomic E-state index is -0.656. The molecule has 2 bridgehead atoms. The lowest BCUT2D eigenvalue weighted by molar-refractivity contribution is -0.0599. The van der Waals surface area contributed by atoms with Gasteiger partial charge in [0, 0.05) is 18.6 Å². The average molecular weight is 331 g/mol. The van der Waals surface area contributed by atoms with Gasteiger partial charge in [0.05, 0.1) is 5.60 Å². The number of hydrogen-bond donors (Lipinski definition) is 1. The third-order valence-corrected chi connectivity index (χ3v) is 6.46. The molecule has 2 aromatic rings. The summed E-state index contributed by atoms with van der Waals surface area (Å²) in [6.07, 6.45) is 9.55. The van der Waals surface area contributed by atoms with Crippen molar-refractivity contribution >= 4 is 6.08 Å². The Balaban J connectivity index is 1.42. The number of aliphatic hydroxyl groups is 1. The van der Waals surface area contributed by atoms with Gasteiger partial charge in [0.15, 0.2) is 0 Å². The Labute approximate surface area is 149 Å². The molecule has 3 aliphatic rings. The summed E-state index contributed by atoms with van der Waals surface area (Å²) in [4.78, 5) is 2.64. The van der Waals surface area contributed by atoms with Crippen molar-refractivity contribution in [2.75, 3.05) is 0 Å². The molecule has 2 nitrogen and oxygen atoms in total. The highest BCUT2D eigenvalue weighted by Crippen LogP contribution is 2.47. The third-order valence-electron chi connectivity index (χ3n) is 6.46. The van der Waals surface area contributed by atoms with Gasteiger partial charge in [0.25, 0.3) is 0 Å². The summed E-state index contributed by atoms with van der Waals surface area (Å²) in [5.41, 5.74) is 4.56. The van der Waals surface area contributed by atoms with Gasteiger partial charge in [-0.1, -0.05) is 60.7 Å². The predicted molar refractivity (Wildman–Crippen MR) is 101 cm³/mol. The van der Waals surface area contributed by atoms with Crippen molar-refractivity contribution in [1.82, 2.24) is 4.90 Å². The molecule has 0 aromatic heterocycles. The second-order valence-electron chi connectivity index (χ2n) is 7.96. The van der Waals surface area contributed by atoms with Gasteiger partial charge in [0.2, 0.25) is 0 Å². The summed E-state index contributed by atoms with van der Waals surface area (Å²) >= 11 is 0. The molecule has 2 heteroatoms. The van der Waals surface area contributed by atoms with Gasteiger partial charge in [-0.3, -0.25) is 4.90 Å². The van der Waals surface area contributed by atoms with E-state index >= 15 is 0 Å². The Morgan fingerprint density at radius 2 is 1.72 bits per heavy atom. The maximum atomic E-state index is 11.6. The SMILES string of the molecule is OC1(c2cccc3c2CC=C3)CC2CCC(C1)N2Cc1ccccc1. The summed E-state index contributed by atoms with van der Waals surface area (Å²) in [5, 5.41) is 11.6. The van der Waals surface area contributed by atoms with E-state index in [4.69, 9.17) is 0 Å². The van der Waals surface area contributed by atoms with Gasteiger partial charge in [-0.05, 0) is 54.4 Å². The van der Waals surface area contributed by atoms with Crippen molar-refractivity contribution in [2.45, 2.75) is 56.3 Å². The summed E-state index contributed by atoms with van der Waals surface area (Å²) in [7, 11) is 0. The molecule has 0 saturated carbocycles. The smallest absolute Gasteiger partial charge is 0.0929 e. The first-order valence-electron chi connectivity index (χ1n) is 9.54. The second kappa shape index (κ2) is 5.82. The molecule has 0 radical (unpaired) electrons. The summed E-state index contributed by atoms with van der Waals surface area (Å²) in [6.45, 7) is 1.01. The molecule has 1 aliphatic carbocycles. The zero-order chi connectivity index (χ0) is 16.9. The summed E-state index contributed by atoms with van der Waals surface area (Å²) < 4.78 is 0. The van der Waals surface area contributed by atoms with Gasteiger partial charge in [-0.25, -0.2) is 0 Å². The molecule has 2 saturated heterocycles. The van der Waals surface area contributed by atoms with Crippen LogP contribution >= 0.6 is 0 Å². The van der Waals surface area contributed by atoms with Gasteiger partial charge in [0.1, 0.15) is 0 Å². The van der Waals surface area contributed by atoms with E-state index in [1.165, 1.54) is 35.1 Å². The molecular formula is C23H25NO. The lowest BCUT2D eigenvalue weighted by atomic mass is 9.77. The molecule has 2 atom stereocenters. The van der Waals surface area contributed by atoms with E-state index < -0.39 is 5.60 Å². The van der Waals surface area contributed by atoms with Crippen molar-refractivity contribution < 1.29 is 5.11 Å². The molecule has 2 aromatic carbocycles. The van der Waals surface area contributed by atoms with E-state index in [-0.39, 0.29) is 0 Å². The zero-order valence-corrected chi connectivity index (χ0v) is 14.6. The van der Waals surface area contributed by atoms with Crippen LogP contribution in [0, 0.1) is 0 Å². The molecule has 0 amide bonds. The van der Waals surface area contributed by atoms with Crippen molar-refractivity contribution in [3.8, 4) is 0 Å². The van der Waals surface area contributed by atoms with Gasteiger partial charge in [-0.2, -0.15) is 0 Å². The lowest BCUT2D eigenvalue weighted by Crippen LogP contribution is -2.49. The number of fused-ring (bicyclic) bond motifs is 3. The fraction of sp³-hybridized carbons (Fsp3) is 0.391. The van der Waals surface area contributed by atoms with Crippen molar-refractivity contribution in [2.24, 2.45) is 0 Å². The summed E-state index contributed by atoms with van der Waals surface area (Å²) in [5.74, 6) is 0. The molecule has 2 heterocycles. The normalized spacial score (nSPS) is 30.6. The van der Waals surface area contributed by atoms with Crippen LogP contribution in [0.1, 0.15) is 47.9 Å². The van der Waals surface area contributed by atoms with Crippen molar-refractivity contribution in [3.05, 3.63) is 76.9 Å². The minimum Gasteiger partial charge on any atom is -0.385 e. The Kier molecular flexibility index (Phi) is 3.58. The highest BCUT2D eigenvalue weighted by Gasteiger charge is 2.48. The number of nitrogens with zero attached hydrogens (tertiary/aromatic N) is 1. The van der Waals surface area contributed by atoms with Crippen LogP contribution in [0.25, 0.3) is 6.08 Å². The first-order valence-corrected chi connectivity index (χ1v) is 9.54. The Bertz CT molecular complexity index is 796. The van der Waals surface area contributed by atoms with Crippen molar-refractivity contribution in [3.63, 3.8) is 0 Å². The molecule has 25 heavy (non-hydrogen) atoms. The van der Waals surface area contributed by atoms with E-state index in [2.05, 4.69) is 65.6 Å². The van der Waals surface area contributed by atoms with E-state index in [9.17, 15) is 5.11 Å². The van der Waals surface area contributed by atoms with Crippen LogP contribution in [-0.2, 0) is 18.6 Å². The van der Waals surface area contributed by atoms with E-state index in [0.29, 0.717) is 12.1 Å². The monoisotopic (exact) mass is 331 g/mol. The highest BCUT2D eigenvalue weighted by atomic mass is 16.3. The average Bonchev–Trinajstić information content (AvgIpc) is 3.19. The lowest BCUT2D eigenvalue weighted by Gasteiger charge is -2.44. The van der Waals surface area contributed by atoms with E-state index in [1.54, 1.807) is 0 Å². The second-order valence-corrected chi connectivity index (χ2v) is 7.96. The topological polar surface area (TPSA) is 23.5 Å².